The van der Waals surface area contributed by atoms with Crippen LogP contribution in [-0.4, -0.2) is 14.4 Å². The average Bonchev–Trinajstić information content (AvgIpc) is 2.90. The Balaban J connectivity index is 1.85. The molecule has 4 nitrogen and oxygen atoms in total. The van der Waals surface area contributed by atoms with Crippen molar-refractivity contribution in [3.05, 3.63) is 65.4 Å². The van der Waals surface area contributed by atoms with Crippen molar-refractivity contribution in [3.8, 4) is 0 Å². The Labute approximate surface area is 118 Å². The van der Waals surface area contributed by atoms with Crippen LogP contribution in [0.4, 0.5) is 0 Å². The van der Waals surface area contributed by atoms with Crippen LogP contribution in [0.25, 0.3) is 5.65 Å². The quantitative estimate of drug-likeness (QED) is 0.788. The van der Waals surface area contributed by atoms with Crippen LogP contribution in [0.1, 0.15) is 22.8 Å². The van der Waals surface area contributed by atoms with Gasteiger partial charge in [0.2, 0.25) is 0 Å². The summed E-state index contributed by atoms with van der Waals surface area (Å²) >= 11 is 0. The molecule has 0 bridgehead atoms. The molecule has 0 aliphatic carbocycles. The van der Waals surface area contributed by atoms with Gasteiger partial charge in [-0.2, -0.15) is 0 Å². The van der Waals surface area contributed by atoms with E-state index in [4.69, 9.17) is 5.73 Å². The van der Waals surface area contributed by atoms with Gasteiger partial charge in [-0.15, -0.1) is 0 Å². The van der Waals surface area contributed by atoms with E-state index < -0.39 is 0 Å². The first-order chi connectivity index (χ1) is 9.76. The van der Waals surface area contributed by atoms with Gasteiger partial charge in [0, 0.05) is 24.5 Å². The first-order valence-electron chi connectivity index (χ1n) is 6.85. The smallest absolute Gasteiger partial charge is 0.140 e. The summed E-state index contributed by atoms with van der Waals surface area (Å²) in [5.74, 6) is 0.956. The van der Waals surface area contributed by atoms with Crippen molar-refractivity contribution in [3.63, 3.8) is 0 Å². The molecule has 2 N–H and O–H groups in total. The second kappa shape index (κ2) is 5.43. The predicted octanol–water partition coefficient (Wildman–Crippen LogP) is 2.28. The molecule has 0 radical (unpaired) electrons. The SMILES string of the molecule is Cc1nc(CCc2ccccc2)cc2nc(CN)cn12. The summed E-state index contributed by atoms with van der Waals surface area (Å²) in [6.07, 6.45) is 3.87. The van der Waals surface area contributed by atoms with Crippen LogP contribution in [-0.2, 0) is 19.4 Å². The lowest BCUT2D eigenvalue weighted by atomic mass is 10.1. The number of nitrogens with zero attached hydrogens (tertiary/aromatic N) is 3. The van der Waals surface area contributed by atoms with Gasteiger partial charge in [-0.1, -0.05) is 30.3 Å². The summed E-state index contributed by atoms with van der Waals surface area (Å²) in [5, 5.41) is 0. The maximum atomic E-state index is 5.64. The first-order valence-corrected chi connectivity index (χ1v) is 6.85. The van der Waals surface area contributed by atoms with Crippen molar-refractivity contribution >= 4 is 5.65 Å². The lowest BCUT2D eigenvalue weighted by molar-refractivity contribution is 0.867. The van der Waals surface area contributed by atoms with E-state index in [0.717, 1.165) is 35.7 Å². The largest absolute Gasteiger partial charge is 0.325 e. The van der Waals surface area contributed by atoms with Gasteiger partial charge >= 0.3 is 0 Å². The van der Waals surface area contributed by atoms with Crippen LogP contribution >= 0.6 is 0 Å². The number of fused-ring (bicyclic) bond motifs is 1. The van der Waals surface area contributed by atoms with Gasteiger partial charge in [0.1, 0.15) is 11.5 Å². The van der Waals surface area contributed by atoms with Crippen LogP contribution in [0.15, 0.2) is 42.6 Å². The van der Waals surface area contributed by atoms with E-state index >= 15 is 0 Å². The summed E-state index contributed by atoms with van der Waals surface area (Å²) in [6, 6.07) is 12.5. The highest BCUT2D eigenvalue weighted by molar-refractivity contribution is 5.42. The van der Waals surface area contributed by atoms with Gasteiger partial charge in [-0.05, 0) is 25.3 Å². The minimum Gasteiger partial charge on any atom is -0.325 e. The molecule has 0 aliphatic rings. The lowest BCUT2D eigenvalue weighted by Crippen LogP contribution is -2.01. The zero-order valence-corrected chi connectivity index (χ0v) is 11.6. The fourth-order valence-electron chi connectivity index (χ4n) is 2.39. The van der Waals surface area contributed by atoms with E-state index in [1.54, 1.807) is 0 Å². The fourth-order valence-corrected chi connectivity index (χ4v) is 2.39. The molecule has 1 aromatic carbocycles. The number of benzene rings is 1. The molecule has 0 spiro atoms. The Morgan fingerprint density at radius 1 is 1.05 bits per heavy atom. The van der Waals surface area contributed by atoms with Crippen molar-refractivity contribution in [2.75, 3.05) is 0 Å². The average molecular weight is 266 g/mol. The summed E-state index contributed by atoms with van der Waals surface area (Å²) in [6.45, 7) is 2.46. The summed E-state index contributed by atoms with van der Waals surface area (Å²) in [4.78, 5) is 9.15. The second-order valence-electron chi connectivity index (χ2n) is 4.94. The van der Waals surface area contributed by atoms with E-state index in [1.807, 2.05) is 23.6 Å². The highest BCUT2D eigenvalue weighted by Crippen LogP contribution is 2.11. The Hall–Kier alpha value is -2.20. The maximum absolute atomic E-state index is 5.64. The molecule has 0 saturated carbocycles. The number of imidazole rings is 1. The Bertz CT molecular complexity index is 716. The predicted molar refractivity (Wildman–Crippen MR) is 79.5 cm³/mol. The van der Waals surface area contributed by atoms with Gasteiger partial charge in [0.05, 0.1) is 5.69 Å². The first kappa shape index (κ1) is 12.8. The Morgan fingerprint density at radius 3 is 2.60 bits per heavy atom. The molecule has 0 fully saturated rings. The van der Waals surface area contributed by atoms with Crippen molar-refractivity contribution in [1.29, 1.82) is 0 Å². The molecule has 0 amide bonds. The van der Waals surface area contributed by atoms with Gasteiger partial charge in [0.25, 0.3) is 0 Å². The number of hydrogen-bond acceptors (Lipinski definition) is 3. The third-order valence-electron chi connectivity index (χ3n) is 3.45. The Kier molecular flexibility index (Phi) is 3.48. The second-order valence-corrected chi connectivity index (χ2v) is 4.94. The molecule has 0 unspecified atom stereocenters. The molecule has 3 rings (SSSR count). The highest BCUT2D eigenvalue weighted by atomic mass is 15.1. The molecule has 102 valence electrons. The van der Waals surface area contributed by atoms with E-state index in [9.17, 15) is 0 Å². The zero-order chi connectivity index (χ0) is 13.9. The number of aryl methyl sites for hydroxylation is 3. The molecule has 0 aliphatic heterocycles. The molecule has 2 aromatic heterocycles. The zero-order valence-electron chi connectivity index (χ0n) is 11.6. The van der Waals surface area contributed by atoms with Crippen LogP contribution in [0.3, 0.4) is 0 Å². The standard InChI is InChI=1S/C16H18N4/c1-12-18-14(8-7-13-5-3-2-4-6-13)9-16-19-15(10-17)11-20(12)16/h2-6,9,11H,7-8,10,17H2,1H3. The molecule has 4 heteroatoms. The van der Waals surface area contributed by atoms with Crippen LogP contribution < -0.4 is 5.73 Å². The molecule has 2 heterocycles. The van der Waals surface area contributed by atoms with Crippen LogP contribution in [0, 0.1) is 6.92 Å². The lowest BCUT2D eigenvalue weighted by Gasteiger charge is -2.05. The van der Waals surface area contributed by atoms with Crippen molar-refractivity contribution in [2.45, 2.75) is 26.3 Å². The molecular weight excluding hydrogens is 248 g/mol. The third kappa shape index (κ3) is 2.56. The third-order valence-corrected chi connectivity index (χ3v) is 3.45. The van der Waals surface area contributed by atoms with Crippen molar-refractivity contribution in [2.24, 2.45) is 5.73 Å². The van der Waals surface area contributed by atoms with Crippen molar-refractivity contribution in [1.82, 2.24) is 14.4 Å². The van der Waals surface area contributed by atoms with Gasteiger partial charge in [-0.3, -0.25) is 4.40 Å². The molecule has 0 saturated heterocycles. The van der Waals surface area contributed by atoms with Crippen LogP contribution in [0.2, 0.25) is 0 Å². The van der Waals surface area contributed by atoms with Gasteiger partial charge in [-0.25, -0.2) is 9.97 Å². The normalized spacial score (nSPS) is 11.1. The van der Waals surface area contributed by atoms with E-state index in [-0.39, 0.29) is 0 Å². The topological polar surface area (TPSA) is 56.2 Å². The highest BCUT2D eigenvalue weighted by Gasteiger charge is 2.06. The van der Waals surface area contributed by atoms with E-state index in [0.29, 0.717) is 6.54 Å². The van der Waals surface area contributed by atoms with Gasteiger partial charge < -0.3 is 5.73 Å². The maximum Gasteiger partial charge on any atom is 0.140 e. The molecule has 3 aromatic rings. The number of aromatic nitrogens is 3. The monoisotopic (exact) mass is 266 g/mol. The molecule has 0 atom stereocenters. The van der Waals surface area contributed by atoms with Crippen LogP contribution in [0.5, 0.6) is 0 Å². The number of hydrogen-bond donors (Lipinski definition) is 1. The van der Waals surface area contributed by atoms with Crippen molar-refractivity contribution < 1.29 is 0 Å². The summed E-state index contributed by atoms with van der Waals surface area (Å²) < 4.78 is 1.99. The fraction of sp³-hybridized carbons (Fsp3) is 0.250. The van der Waals surface area contributed by atoms with Gasteiger partial charge in [0.15, 0.2) is 0 Å². The number of rotatable bonds is 4. The Morgan fingerprint density at radius 2 is 1.85 bits per heavy atom. The summed E-state index contributed by atoms with van der Waals surface area (Å²) in [7, 11) is 0. The molecular formula is C16H18N4. The number of nitrogens with two attached hydrogens (primary N) is 1. The van der Waals surface area contributed by atoms with E-state index in [1.165, 1.54) is 5.56 Å². The molecule has 20 heavy (non-hydrogen) atoms. The minimum atomic E-state index is 0.459. The summed E-state index contributed by atoms with van der Waals surface area (Å²) in [5.41, 5.74) is 9.88. The van der Waals surface area contributed by atoms with E-state index in [2.05, 4.69) is 40.3 Å². The minimum absolute atomic E-state index is 0.459.